The Kier molecular flexibility index (Phi) is 6.02. The molecule has 0 saturated heterocycles. The molecule has 2 aromatic rings. The quantitative estimate of drug-likeness (QED) is 0.335. The molecule has 0 bridgehead atoms. The second-order valence-corrected chi connectivity index (χ2v) is 7.74. The minimum Gasteiger partial charge on any atom is -0.507 e. The van der Waals surface area contributed by atoms with Crippen molar-refractivity contribution in [3.05, 3.63) is 41.5 Å². The number of phenolic OH excluding ortho intramolecular Hbond substituents is 2. The van der Waals surface area contributed by atoms with Crippen molar-refractivity contribution >= 4 is 22.5 Å². The van der Waals surface area contributed by atoms with E-state index in [0.29, 0.717) is 16.7 Å². The Bertz CT molecular complexity index is 950. The van der Waals surface area contributed by atoms with Gasteiger partial charge in [-0.1, -0.05) is 18.7 Å². The van der Waals surface area contributed by atoms with Crippen LogP contribution in [0.4, 0.5) is 0 Å². The molecule has 2 aromatic carbocycles. The highest BCUT2D eigenvalue weighted by atomic mass is 16.5. The molecule has 6 nitrogen and oxygen atoms in total. The Labute approximate surface area is 164 Å². The number of phenols is 2. The van der Waals surface area contributed by atoms with Crippen LogP contribution >= 0.6 is 0 Å². The first kappa shape index (κ1) is 21.3. The van der Waals surface area contributed by atoms with Gasteiger partial charge in [0.25, 0.3) is 0 Å². The number of hydrogen-bond acceptors (Lipinski definition) is 6. The number of rotatable bonds is 6. The molecule has 0 heterocycles. The van der Waals surface area contributed by atoms with Gasteiger partial charge in [0.15, 0.2) is 5.78 Å². The van der Waals surface area contributed by atoms with Gasteiger partial charge in [-0.15, -0.1) is 0 Å². The predicted octanol–water partition coefficient (Wildman–Crippen LogP) is 4.15. The summed E-state index contributed by atoms with van der Waals surface area (Å²) < 4.78 is 10.5. The van der Waals surface area contributed by atoms with E-state index in [-0.39, 0.29) is 47.0 Å². The SMILES string of the molecule is C=C(COC(=O)C(C)(C)C)Cc1c(C(C)=O)c(O)c2c(OC)cccc2c1O. The molecule has 0 radical (unpaired) electrons. The minimum atomic E-state index is -0.648. The molecular formula is C22H26O6. The average Bonchev–Trinajstić information content (AvgIpc) is 2.62. The fourth-order valence-electron chi connectivity index (χ4n) is 2.93. The summed E-state index contributed by atoms with van der Waals surface area (Å²) in [6, 6.07) is 4.94. The molecule has 0 saturated carbocycles. The van der Waals surface area contributed by atoms with Crippen molar-refractivity contribution in [2.24, 2.45) is 5.41 Å². The van der Waals surface area contributed by atoms with Crippen molar-refractivity contribution in [2.45, 2.75) is 34.1 Å². The first-order valence-electron chi connectivity index (χ1n) is 8.87. The lowest BCUT2D eigenvalue weighted by Crippen LogP contribution is -2.24. The number of aromatic hydroxyl groups is 2. The van der Waals surface area contributed by atoms with Crippen molar-refractivity contribution in [1.29, 1.82) is 0 Å². The molecule has 2 rings (SSSR count). The Hall–Kier alpha value is -3.02. The highest BCUT2D eigenvalue weighted by Gasteiger charge is 2.26. The second kappa shape index (κ2) is 7.92. The first-order chi connectivity index (χ1) is 13.0. The van der Waals surface area contributed by atoms with Gasteiger partial charge in [-0.25, -0.2) is 0 Å². The van der Waals surface area contributed by atoms with Gasteiger partial charge in [-0.05, 0) is 39.3 Å². The number of methoxy groups -OCH3 is 1. The largest absolute Gasteiger partial charge is 0.507 e. The molecule has 0 aliphatic carbocycles. The van der Waals surface area contributed by atoms with Crippen LogP contribution in [0.25, 0.3) is 10.8 Å². The molecule has 2 N–H and O–H groups in total. The van der Waals surface area contributed by atoms with E-state index in [1.54, 1.807) is 39.0 Å². The van der Waals surface area contributed by atoms with Crippen molar-refractivity contribution in [2.75, 3.05) is 13.7 Å². The van der Waals surface area contributed by atoms with E-state index in [1.165, 1.54) is 14.0 Å². The lowest BCUT2D eigenvalue weighted by molar-refractivity contribution is -0.151. The number of hydrogen-bond donors (Lipinski definition) is 2. The molecule has 0 atom stereocenters. The molecule has 28 heavy (non-hydrogen) atoms. The zero-order valence-electron chi connectivity index (χ0n) is 16.9. The Morgan fingerprint density at radius 1 is 1.14 bits per heavy atom. The Morgan fingerprint density at radius 3 is 2.32 bits per heavy atom. The lowest BCUT2D eigenvalue weighted by atomic mass is 9.91. The summed E-state index contributed by atoms with van der Waals surface area (Å²) in [5.74, 6) is -0.837. The molecule has 0 amide bonds. The van der Waals surface area contributed by atoms with E-state index in [4.69, 9.17) is 9.47 Å². The number of benzene rings is 2. The number of esters is 1. The van der Waals surface area contributed by atoms with Crippen LogP contribution in [0, 0.1) is 5.41 Å². The summed E-state index contributed by atoms with van der Waals surface area (Å²) in [4.78, 5) is 24.2. The summed E-state index contributed by atoms with van der Waals surface area (Å²) in [5, 5.41) is 22.2. The fourth-order valence-corrected chi connectivity index (χ4v) is 2.93. The van der Waals surface area contributed by atoms with Crippen LogP contribution in [0.2, 0.25) is 0 Å². The second-order valence-electron chi connectivity index (χ2n) is 7.74. The number of ketones is 1. The maximum atomic E-state index is 12.2. The van der Waals surface area contributed by atoms with Crippen LogP contribution in [0.1, 0.15) is 43.6 Å². The lowest BCUT2D eigenvalue weighted by Gasteiger charge is -2.19. The molecule has 6 heteroatoms. The molecule has 0 aliphatic rings. The number of ether oxygens (including phenoxy) is 2. The van der Waals surface area contributed by atoms with Gasteiger partial charge in [0.05, 0.1) is 23.5 Å². The van der Waals surface area contributed by atoms with Gasteiger partial charge in [-0.3, -0.25) is 9.59 Å². The van der Waals surface area contributed by atoms with E-state index >= 15 is 0 Å². The van der Waals surface area contributed by atoms with E-state index in [9.17, 15) is 19.8 Å². The molecule has 0 unspecified atom stereocenters. The summed E-state index contributed by atoms with van der Waals surface area (Å²) in [6.07, 6.45) is 0.0683. The van der Waals surface area contributed by atoms with E-state index < -0.39 is 11.2 Å². The number of carbonyl (C=O) groups excluding carboxylic acids is 2. The third-order valence-electron chi connectivity index (χ3n) is 4.36. The smallest absolute Gasteiger partial charge is 0.311 e. The molecule has 150 valence electrons. The van der Waals surface area contributed by atoms with Crippen LogP contribution in [-0.2, 0) is 16.0 Å². The minimum absolute atomic E-state index is 0.00204. The molecule has 0 aliphatic heterocycles. The molecule has 0 aromatic heterocycles. The molecule has 0 fully saturated rings. The third-order valence-corrected chi connectivity index (χ3v) is 4.36. The number of carbonyl (C=O) groups is 2. The normalized spacial score (nSPS) is 11.3. The standard InChI is InChI=1S/C22H26O6/c1-12(11-28-21(26)22(3,4)5)10-15-17(13(2)23)20(25)18-14(19(15)24)8-7-9-16(18)27-6/h7-9,24-25H,1,10-11H2,2-6H3. The van der Waals surface area contributed by atoms with Crippen LogP contribution < -0.4 is 4.74 Å². The van der Waals surface area contributed by atoms with Crippen LogP contribution in [0.5, 0.6) is 17.2 Å². The topological polar surface area (TPSA) is 93.1 Å². The van der Waals surface area contributed by atoms with Gasteiger partial charge < -0.3 is 19.7 Å². The highest BCUT2D eigenvalue weighted by molar-refractivity contribution is 6.09. The van der Waals surface area contributed by atoms with Gasteiger partial charge in [0, 0.05) is 17.4 Å². The summed E-state index contributed by atoms with van der Waals surface area (Å²) >= 11 is 0. The van der Waals surface area contributed by atoms with Gasteiger partial charge in [0.2, 0.25) is 0 Å². The van der Waals surface area contributed by atoms with Crippen LogP contribution in [0.15, 0.2) is 30.4 Å². The van der Waals surface area contributed by atoms with Crippen molar-refractivity contribution < 1.29 is 29.3 Å². The predicted molar refractivity (Wildman–Crippen MR) is 107 cm³/mol. The maximum Gasteiger partial charge on any atom is 0.311 e. The zero-order valence-corrected chi connectivity index (χ0v) is 16.9. The van der Waals surface area contributed by atoms with Crippen LogP contribution in [0.3, 0.4) is 0 Å². The number of Topliss-reactive ketones (excluding diaryl/α,β-unsaturated/α-hetero) is 1. The van der Waals surface area contributed by atoms with E-state index in [2.05, 4.69) is 6.58 Å². The average molecular weight is 386 g/mol. The first-order valence-corrected chi connectivity index (χ1v) is 8.87. The van der Waals surface area contributed by atoms with Crippen molar-refractivity contribution in [3.63, 3.8) is 0 Å². The third kappa shape index (κ3) is 4.11. The monoisotopic (exact) mass is 386 g/mol. The molecular weight excluding hydrogens is 360 g/mol. The summed E-state index contributed by atoms with van der Waals surface area (Å²) in [7, 11) is 1.44. The Balaban J connectivity index is 2.48. The van der Waals surface area contributed by atoms with Gasteiger partial charge >= 0.3 is 5.97 Å². The summed E-state index contributed by atoms with van der Waals surface area (Å²) in [5.41, 5.74) is 0.0717. The van der Waals surface area contributed by atoms with Gasteiger partial charge in [0.1, 0.15) is 23.9 Å². The van der Waals surface area contributed by atoms with E-state index in [1.807, 2.05) is 0 Å². The molecule has 0 spiro atoms. The van der Waals surface area contributed by atoms with Crippen molar-refractivity contribution in [1.82, 2.24) is 0 Å². The zero-order chi connectivity index (χ0) is 21.2. The number of fused-ring (bicyclic) bond motifs is 1. The Morgan fingerprint density at radius 2 is 1.79 bits per heavy atom. The maximum absolute atomic E-state index is 12.2. The van der Waals surface area contributed by atoms with Crippen LogP contribution in [-0.4, -0.2) is 35.7 Å². The van der Waals surface area contributed by atoms with Crippen molar-refractivity contribution in [3.8, 4) is 17.2 Å². The van der Waals surface area contributed by atoms with E-state index in [0.717, 1.165) is 0 Å². The van der Waals surface area contributed by atoms with Gasteiger partial charge in [-0.2, -0.15) is 0 Å². The highest BCUT2D eigenvalue weighted by Crippen LogP contribution is 2.44. The summed E-state index contributed by atoms with van der Waals surface area (Å²) in [6.45, 7) is 10.4. The fraction of sp³-hybridized carbons (Fsp3) is 0.364.